The fourth-order valence-electron chi connectivity index (χ4n) is 2.80. The highest BCUT2D eigenvalue weighted by Gasteiger charge is 2.05. The van der Waals surface area contributed by atoms with Crippen molar-refractivity contribution >= 4 is 41.0 Å². The number of carbonyl (C=O) groups excluding carboxylic acids is 1. The molecule has 3 rings (SSSR count). The first-order valence-electron chi connectivity index (χ1n) is 11.4. The Hall–Kier alpha value is -3.14. The average Bonchev–Trinajstić information content (AvgIpc) is 3.12. The second-order valence-electron chi connectivity index (χ2n) is 6.35. The predicted molar refractivity (Wildman–Crippen MR) is 146 cm³/mol. The van der Waals surface area contributed by atoms with Crippen LogP contribution in [0.25, 0.3) is 23.2 Å². The molecule has 0 radical (unpaired) electrons. The summed E-state index contributed by atoms with van der Waals surface area (Å²) in [5.74, 6) is 0. The van der Waals surface area contributed by atoms with E-state index in [0.717, 1.165) is 33.9 Å². The van der Waals surface area contributed by atoms with E-state index in [9.17, 15) is 4.79 Å². The highest BCUT2D eigenvalue weighted by molar-refractivity contribution is 5.86. The van der Waals surface area contributed by atoms with Crippen LogP contribution in [-0.2, 0) is 4.79 Å². The number of aliphatic imine (C=N–C) groups is 1. The highest BCUT2D eigenvalue weighted by Crippen LogP contribution is 2.16. The van der Waals surface area contributed by atoms with E-state index in [1.54, 1.807) is 6.92 Å². The van der Waals surface area contributed by atoms with Gasteiger partial charge in [-0.1, -0.05) is 84.5 Å². The Morgan fingerprint density at radius 2 is 1.41 bits per heavy atom. The van der Waals surface area contributed by atoms with Gasteiger partial charge in [-0.15, -0.1) is 0 Å². The maximum absolute atomic E-state index is 11.0. The second-order valence-corrected chi connectivity index (χ2v) is 6.35. The molecular formula is C28H43N3O. The van der Waals surface area contributed by atoms with E-state index in [-0.39, 0.29) is 0 Å². The average molecular weight is 438 g/mol. The molecule has 0 atom stereocenters. The van der Waals surface area contributed by atoms with Crippen molar-refractivity contribution < 1.29 is 4.79 Å². The van der Waals surface area contributed by atoms with E-state index in [4.69, 9.17) is 5.73 Å². The molecule has 0 aliphatic carbocycles. The van der Waals surface area contributed by atoms with Gasteiger partial charge >= 0.3 is 0 Å². The van der Waals surface area contributed by atoms with Crippen molar-refractivity contribution in [2.75, 3.05) is 0 Å². The quantitative estimate of drug-likeness (QED) is 0.374. The zero-order valence-electron chi connectivity index (χ0n) is 21.8. The van der Waals surface area contributed by atoms with Crippen LogP contribution >= 0.6 is 0 Å². The SMILES string of the molecule is C=c1/c(=C(\C)N)n(C=O)c2ccccc12.CC.CC.CC.CC(C)=Nc1ccccc1C. The summed E-state index contributed by atoms with van der Waals surface area (Å²) in [7, 11) is 0. The summed E-state index contributed by atoms with van der Waals surface area (Å²) in [6.45, 7) is 23.8. The van der Waals surface area contributed by atoms with Crippen LogP contribution in [0.1, 0.15) is 67.9 Å². The normalized spacial score (nSPS) is 9.81. The molecule has 4 heteroatoms. The number of nitrogens with zero attached hydrogens (tertiary/aromatic N) is 2. The molecule has 4 nitrogen and oxygen atoms in total. The van der Waals surface area contributed by atoms with E-state index < -0.39 is 0 Å². The van der Waals surface area contributed by atoms with Crippen molar-refractivity contribution in [3.05, 3.63) is 64.7 Å². The summed E-state index contributed by atoms with van der Waals surface area (Å²) < 4.78 is 1.53. The van der Waals surface area contributed by atoms with Crippen molar-refractivity contribution in [3.63, 3.8) is 0 Å². The van der Waals surface area contributed by atoms with Crippen LogP contribution in [0.3, 0.4) is 0 Å². The van der Waals surface area contributed by atoms with Gasteiger partial charge in [0, 0.05) is 22.0 Å². The molecule has 0 amide bonds. The third-order valence-electron chi connectivity index (χ3n) is 3.95. The van der Waals surface area contributed by atoms with Gasteiger partial charge in [-0.3, -0.25) is 14.4 Å². The highest BCUT2D eigenvalue weighted by atomic mass is 16.1. The van der Waals surface area contributed by atoms with Crippen molar-refractivity contribution in [2.45, 2.75) is 69.2 Å². The molecular weight excluding hydrogens is 394 g/mol. The van der Waals surface area contributed by atoms with Gasteiger partial charge in [-0.05, 0) is 45.4 Å². The van der Waals surface area contributed by atoms with Gasteiger partial charge in [-0.2, -0.15) is 0 Å². The van der Waals surface area contributed by atoms with Gasteiger partial charge in [-0.25, -0.2) is 0 Å². The Balaban J connectivity index is 0. The van der Waals surface area contributed by atoms with Gasteiger partial charge in [0.25, 0.3) is 0 Å². The van der Waals surface area contributed by atoms with Gasteiger partial charge in [0.2, 0.25) is 6.41 Å². The number of aromatic nitrogens is 1. The van der Waals surface area contributed by atoms with Crippen LogP contribution in [0.5, 0.6) is 0 Å². The summed E-state index contributed by atoms with van der Waals surface area (Å²) in [4.78, 5) is 15.4. The van der Waals surface area contributed by atoms with Crippen LogP contribution in [0.4, 0.5) is 5.69 Å². The van der Waals surface area contributed by atoms with Gasteiger partial charge in [0.1, 0.15) is 0 Å². The number of nitrogens with two attached hydrogens (primary N) is 1. The molecule has 0 aliphatic heterocycles. The maximum atomic E-state index is 11.0. The molecule has 1 heterocycles. The van der Waals surface area contributed by atoms with Crippen LogP contribution < -0.4 is 16.3 Å². The third kappa shape index (κ3) is 8.93. The number of carbonyl (C=O) groups is 1. The van der Waals surface area contributed by atoms with Crippen molar-refractivity contribution in [3.8, 4) is 0 Å². The monoisotopic (exact) mass is 437 g/mol. The van der Waals surface area contributed by atoms with Crippen LogP contribution in [0.2, 0.25) is 0 Å². The number of hydrogen-bond acceptors (Lipinski definition) is 3. The first kappa shape index (κ1) is 31.0. The minimum absolute atomic E-state index is 0.600. The van der Waals surface area contributed by atoms with Gasteiger partial charge in [0.15, 0.2) is 0 Å². The summed E-state index contributed by atoms with van der Waals surface area (Å²) in [5.41, 5.74) is 10.6. The minimum atomic E-state index is 0.600. The summed E-state index contributed by atoms with van der Waals surface area (Å²) >= 11 is 0. The first-order chi connectivity index (χ1) is 15.4. The molecule has 2 N–H and O–H groups in total. The number of aryl methyl sites for hydroxylation is 1. The predicted octanol–water partition coefficient (Wildman–Crippen LogP) is 6.36. The Bertz CT molecular complexity index is 1070. The summed E-state index contributed by atoms with van der Waals surface area (Å²) in [6, 6.07) is 15.8. The van der Waals surface area contributed by atoms with E-state index in [2.05, 4.69) is 24.6 Å². The largest absolute Gasteiger partial charge is 0.401 e. The summed E-state index contributed by atoms with van der Waals surface area (Å²) in [5, 5.41) is 2.47. The van der Waals surface area contributed by atoms with Crippen LogP contribution in [0, 0.1) is 6.92 Å². The third-order valence-corrected chi connectivity index (χ3v) is 3.95. The lowest BCUT2D eigenvalue weighted by atomic mass is 10.2. The van der Waals surface area contributed by atoms with Crippen molar-refractivity contribution in [2.24, 2.45) is 10.7 Å². The zero-order chi connectivity index (χ0) is 25.3. The Kier molecular flexibility index (Phi) is 17.0. The lowest BCUT2D eigenvalue weighted by Gasteiger charge is -1.98. The van der Waals surface area contributed by atoms with E-state index in [1.807, 2.05) is 97.9 Å². The molecule has 3 aromatic rings. The molecule has 2 aromatic carbocycles. The lowest BCUT2D eigenvalue weighted by Crippen LogP contribution is -2.32. The standard InChI is InChI=1S/C12H12N2O.C10H13N.3C2H6/c1-8-10-5-3-4-6-11(10)14(7-15)12(8)9(2)13;1-8(2)11-10-7-5-4-6-9(10)3;3*1-2/h3-7H,1,13H2,2H3;4-7H,1-3H3;3*1-2H3/b12-9-;;;;. The molecule has 0 spiro atoms. The number of hydrogen-bond donors (Lipinski definition) is 1. The molecule has 0 saturated carbocycles. The van der Waals surface area contributed by atoms with E-state index >= 15 is 0 Å². The van der Waals surface area contributed by atoms with Gasteiger partial charge in [0.05, 0.1) is 16.6 Å². The van der Waals surface area contributed by atoms with Crippen LogP contribution in [0.15, 0.2) is 53.5 Å². The zero-order valence-corrected chi connectivity index (χ0v) is 21.8. The number of fused-ring (bicyclic) bond motifs is 1. The van der Waals surface area contributed by atoms with Crippen molar-refractivity contribution in [1.29, 1.82) is 0 Å². The Morgan fingerprint density at radius 1 is 0.906 bits per heavy atom. The molecule has 0 aliphatic rings. The fourth-order valence-corrected chi connectivity index (χ4v) is 2.80. The Morgan fingerprint density at radius 3 is 1.88 bits per heavy atom. The number of benzene rings is 2. The number of rotatable bonds is 2. The maximum Gasteiger partial charge on any atom is 0.218 e. The molecule has 0 bridgehead atoms. The van der Waals surface area contributed by atoms with Crippen molar-refractivity contribution in [1.82, 2.24) is 4.57 Å². The topological polar surface area (TPSA) is 60.4 Å². The molecule has 0 saturated heterocycles. The molecule has 176 valence electrons. The lowest BCUT2D eigenvalue weighted by molar-refractivity contribution is 0.547. The van der Waals surface area contributed by atoms with E-state index in [0.29, 0.717) is 11.0 Å². The first-order valence-corrected chi connectivity index (χ1v) is 11.4. The Labute approximate surface area is 195 Å². The van der Waals surface area contributed by atoms with E-state index in [1.165, 1.54) is 10.1 Å². The summed E-state index contributed by atoms with van der Waals surface area (Å²) in [6.07, 6.45) is 0.767. The second kappa shape index (κ2) is 17.5. The number of para-hydroxylation sites is 2. The molecule has 1 aromatic heterocycles. The minimum Gasteiger partial charge on any atom is -0.401 e. The van der Waals surface area contributed by atoms with Crippen LogP contribution in [-0.4, -0.2) is 16.7 Å². The molecule has 0 fully saturated rings. The smallest absolute Gasteiger partial charge is 0.218 e. The van der Waals surface area contributed by atoms with Gasteiger partial charge < -0.3 is 5.73 Å². The fraction of sp³-hybridized carbons (Fsp3) is 0.357. The molecule has 32 heavy (non-hydrogen) atoms. The molecule has 0 unspecified atom stereocenters.